The lowest BCUT2D eigenvalue weighted by Crippen LogP contribution is -2.27. The number of hydrogen-bond donors (Lipinski definition) is 1. The van der Waals surface area contributed by atoms with Crippen LogP contribution in [-0.4, -0.2) is 31.0 Å². The van der Waals surface area contributed by atoms with Gasteiger partial charge in [0.15, 0.2) is 0 Å². The van der Waals surface area contributed by atoms with E-state index in [-0.39, 0.29) is 5.91 Å². The fraction of sp³-hybridized carbons (Fsp3) is 0.292. The standard InChI is InChI=1S/C24H26N2O2/c1-28-20-13-11-19(12-14-20)23-10-5-16-26(23)17-15-24(27)25-22-9-4-7-18-6-2-3-8-21(18)22/h2-4,6-9,11-14,23H,5,10,15-17H2,1H3,(H,25,27). The SMILES string of the molecule is COc1ccc(C2CCCN2CCC(=O)Nc2cccc3ccccc23)cc1. The highest BCUT2D eigenvalue weighted by molar-refractivity contribution is 6.02. The fourth-order valence-corrected chi connectivity index (χ4v) is 4.09. The summed E-state index contributed by atoms with van der Waals surface area (Å²) in [6, 6.07) is 22.8. The number of amides is 1. The maximum atomic E-state index is 12.6. The largest absolute Gasteiger partial charge is 0.497 e. The number of anilines is 1. The van der Waals surface area contributed by atoms with Crippen LogP contribution in [0, 0.1) is 0 Å². The van der Waals surface area contributed by atoms with Crippen molar-refractivity contribution in [3.8, 4) is 5.75 Å². The van der Waals surface area contributed by atoms with Crippen LogP contribution >= 0.6 is 0 Å². The highest BCUT2D eigenvalue weighted by Crippen LogP contribution is 2.32. The van der Waals surface area contributed by atoms with Crippen LogP contribution in [0.5, 0.6) is 5.75 Å². The average Bonchev–Trinajstić information content (AvgIpc) is 3.21. The Kier molecular flexibility index (Phi) is 5.58. The topological polar surface area (TPSA) is 41.6 Å². The highest BCUT2D eigenvalue weighted by atomic mass is 16.5. The van der Waals surface area contributed by atoms with Crippen LogP contribution in [0.4, 0.5) is 5.69 Å². The summed E-state index contributed by atoms with van der Waals surface area (Å²) in [6.07, 6.45) is 2.80. The molecule has 1 amide bonds. The van der Waals surface area contributed by atoms with E-state index in [2.05, 4.69) is 34.5 Å². The molecule has 0 spiro atoms. The molecule has 1 unspecified atom stereocenters. The van der Waals surface area contributed by atoms with E-state index in [1.165, 1.54) is 12.0 Å². The van der Waals surface area contributed by atoms with Crippen molar-refractivity contribution in [3.63, 3.8) is 0 Å². The van der Waals surface area contributed by atoms with Crippen molar-refractivity contribution < 1.29 is 9.53 Å². The van der Waals surface area contributed by atoms with Crippen molar-refractivity contribution in [2.45, 2.75) is 25.3 Å². The third kappa shape index (κ3) is 4.02. The number of methoxy groups -OCH3 is 1. The van der Waals surface area contributed by atoms with Crippen LogP contribution in [0.25, 0.3) is 10.8 Å². The van der Waals surface area contributed by atoms with Crippen molar-refractivity contribution in [1.82, 2.24) is 4.90 Å². The van der Waals surface area contributed by atoms with E-state index in [9.17, 15) is 4.79 Å². The Morgan fingerprint density at radius 3 is 2.68 bits per heavy atom. The fourth-order valence-electron chi connectivity index (χ4n) is 4.09. The summed E-state index contributed by atoms with van der Waals surface area (Å²) in [4.78, 5) is 15.0. The van der Waals surface area contributed by atoms with Gasteiger partial charge in [-0.1, -0.05) is 48.5 Å². The molecule has 1 N–H and O–H groups in total. The number of carbonyl (C=O) groups is 1. The molecular weight excluding hydrogens is 348 g/mol. The number of nitrogens with zero attached hydrogens (tertiary/aromatic N) is 1. The van der Waals surface area contributed by atoms with E-state index in [1.54, 1.807) is 7.11 Å². The third-order valence-corrected chi connectivity index (χ3v) is 5.55. The number of fused-ring (bicyclic) bond motifs is 1. The zero-order chi connectivity index (χ0) is 19.3. The van der Waals surface area contributed by atoms with Gasteiger partial charge in [0.1, 0.15) is 5.75 Å². The molecule has 28 heavy (non-hydrogen) atoms. The quantitative estimate of drug-likeness (QED) is 0.659. The van der Waals surface area contributed by atoms with Crippen LogP contribution in [0.15, 0.2) is 66.7 Å². The summed E-state index contributed by atoms with van der Waals surface area (Å²) >= 11 is 0. The summed E-state index contributed by atoms with van der Waals surface area (Å²) in [5.74, 6) is 0.944. The minimum atomic E-state index is 0.0664. The first-order valence-corrected chi connectivity index (χ1v) is 9.90. The van der Waals surface area contributed by atoms with Gasteiger partial charge < -0.3 is 10.1 Å². The van der Waals surface area contributed by atoms with Crippen molar-refractivity contribution in [2.24, 2.45) is 0 Å². The monoisotopic (exact) mass is 374 g/mol. The summed E-state index contributed by atoms with van der Waals surface area (Å²) < 4.78 is 5.26. The number of ether oxygens (including phenoxy) is 1. The third-order valence-electron chi connectivity index (χ3n) is 5.55. The minimum absolute atomic E-state index is 0.0664. The first kappa shape index (κ1) is 18.5. The highest BCUT2D eigenvalue weighted by Gasteiger charge is 2.26. The van der Waals surface area contributed by atoms with Gasteiger partial charge >= 0.3 is 0 Å². The van der Waals surface area contributed by atoms with E-state index < -0.39 is 0 Å². The molecule has 0 aliphatic carbocycles. The normalized spacial score (nSPS) is 17.0. The zero-order valence-electron chi connectivity index (χ0n) is 16.2. The molecule has 3 aromatic carbocycles. The van der Waals surface area contributed by atoms with Gasteiger partial charge in [0.05, 0.1) is 7.11 Å². The second kappa shape index (κ2) is 8.44. The van der Waals surface area contributed by atoms with E-state index in [0.717, 1.165) is 41.7 Å². The number of carbonyl (C=O) groups excluding carboxylic acids is 1. The predicted molar refractivity (Wildman–Crippen MR) is 114 cm³/mol. The molecule has 0 radical (unpaired) electrons. The molecule has 4 rings (SSSR count). The van der Waals surface area contributed by atoms with E-state index in [0.29, 0.717) is 12.5 Å². The van der Waals surface area contributed by atoms with Gasteiger partial charge in [-0.3, -0.25) is 9.69 Å². The number of likely N-dealkylation sites (tertiary alicyclic amines) is 1. The van der Waals surface area contributed by atoms with Crippen LogP contribution in [0.3, 0.4) is 0 Å². The van der Waals surface area contributed by atoms with Gasteiger partial charge in [-0.25, -0.2) is 0 Å². The van der Waals surface area contributed by atoms with E-state index in [4.69, 9.17) is 4.74 Å². The molecule has 0 saturated carbocycles. The maximum Gasteiger partial charge on any atom is 0.225 e. The summed E-state index contributed by atoms with van der Waals surface area (Å²) in [5.41, 5.74) is 2.18. The molecule has 0 aromatic heterocycles. The Balaban J connectivity index is 1.38. The van der Waals surface area contributed by atoms with Gasteiger partial charge in [-0.2, -0.15) is 0 Å². The smallest absolute Gasteiger partial charge is 0.225 e. The van der Waals surface area contributed by atoms with Gasteiger partial charge in [-0.15, -0.1) is 0 Å². The van der Waals surface area contributed by atoms with E-state index >= 15 is 0 Å². The van der Waals surface area contributed by atoms with Crippen molar-refractivity contribution >= 4 is 22.4 Å². The van der Waals surface area contributed by atoms with Crippen LogP contribution in [0.1, 0.15) is 30.9 Å². The molecule has 4 heteroatoms. The second-order valence-electron chi connectivity index (χ2n) is 7.29. The van der Waals surface area contributed by atoms with Crippen LogP contribution in [-0.2, 0) is 4.79 Å². The van der Waals surface area contributed by atoms with Crippen LogP contribution < -0.4 is 10.1 Å². The first-order chi connectivity index (χ1) is 13.7. The Bertz CT molecular complexity index is 947. The molecule has 3 aromatic rings. The molecule has 4 nitrogen and oxygen atoms in total. The molecule has 1 heterocycles. The molecule has 0 bridgehead atoms. The number of benzene rings is 3. The Morgan fingerprint density at radius 1 is 1.07 bits per heavy atom. The number of rotatable bonds is 6. The molecule has 1 fully saturated rings. The predicted octanol–water partition coefficient (Wildman–Crippen LogP) is 5.01. The molecular formula is C24H26N2O2. The lowest BCUT2D eigenvalue weighted by Gasteiger charge is -2.24. The first-order valence-electron chi connectivity index (χ1n) is 9.90. The van der Waals surface area contributed by atoms with Gasteiger partial charge in [0, 0.05) is 30.1 Å². The molecule has 1 aliphatic rings. The second-order valence-corrected chi connectivity index (χ2v) is 7.29. The zero-order valence-corrected chi connectivity index (χ0v) is 16.2. The summed E-state index contributed by atoms with van der Waals surface area (Å²) in [6.45, 7) is 1.81. The molecule has 1 atom stereocenters. The minimum Gasteiger partial charge on any atom is -0.497 e. The average molecular weight is 374 g/mol. The Hall–Kier alpha value is -2.85. The lowest BCUT2D eigenvalue weighted by molar-refractivity contribution is -0.116. The summed E-state index contributed by atoms with van der Waals surface area (Å²) in [5, 5.41) is 5.31. The molecule has 1 saturated heterocycles. The van der Waals surface area contributed by atoms with Gasteiger partial charge in [-0.05, 0) is 48.5 Å². The molecule has 1 aliphatic heterocycles. The van der Waals surface area contributed by atoms with Gasteiger partial charge in [0.2, 0.25) is 5.91 Å². The van der Waals surface area contributed by atoms with E-state index in [1.807, 2.05) is 42.5 Å². The van der Waals surface area contributed by atoms with Crippen LogP contribution in [0.2, 0.25) is 0 Å². The Morgan fingerprint density at radius 2 is 1.86 bits per heavy atom. The lowest BCUT2D eigenvalue weighted by atomic mass is 10.0. The van der Waals surface area contributed by atoms with Crippen molar-refractivity contribution in [2.75, 3.05) is 25.5 Å². The van der Waals surface area contributed by atoms with Gasteiger partial charge in [0.25, 0.3) is 0 Å². The molecule has 144 valence electrons. The van der Waals surface area contributed by atoms with Crippen molar-refractivity contribution in [3.05, 3.63) is 72.3 Å². The number of hydrogen-bond acceptors (Lipinski definition) is 3. The van der Waals surface area contributed by atoms with Crippen molar-refractivity contribution in [1.29, 1.82) is 0 Å². The number of nitrogens with one attached hydrogen (secondary N) is 1. The summed E-state index contributed by atoms with van der Waals surface area (Å²) in [7, 11) is 1.69. The maximum absolute atomic E-state index is 12.6. The Labute approximate surface area is 166 Å².